The summed E-state index contributed by atoms with van der Waals surface area (Å²) in [5, 5.41) is 0.673. The minimum Gasteiger partial charge on any atom is -0.440 e. The number of thioether (sulfide) groups is 1. The molecule has 0 bridgehead atoms. The Hall–Kier alpha value is -0.480. The fourth-order valence-electron chi connectivity index (χ4n) is 0.572. The number of rotatable bonds is 2. The van der Waals surface area contributed by atoms with E-state index in [1.165, 1.54) is 11.8 Å². The van der Waals surface area contributed by atoms with Crippen LogP contribution >= 0.6 is 11.8 Å². The van der Waals surface area contributed by atoms with E-state index in [4.69, 9.17) is 10.2 Å². The molecule has 0 fully saturated rings. The number of hydrogen-bond acceptors (Lipinski definition) is 4. The van der Waals surface area contributed by atoms with Gasteiger partial charge in [0.15, 0.2) is 0 Å². The molecule has 0 amide bonds. The van der Waals surface area contributed by atoms with Crippen LogP contribution in [-0.4, -0.2) is 11.2 Å². The molecular weight excluding hydrogens is 148 g/mol. The van der Waals surface area contributed by atoms with E-state index in [0.29, 0.717) is 5.22 Å². The van der Waals surface area contributed by atoms with Gasteiger partial charge < -0.3 is 10.2 Å². The minimum absolute atomic E-state index is 0.0374. The molecule has 2 N–H and O–H groups in total. The van der Waals surface area contributed by atoms with Crippen molar-refractivity contribution in [3.63, 3.8) is 0 Å². The van der Waals surface area contributed by atoms with Gasteiger partial charge in [-0.2, -0.15) is 0 Å². The minimum atomic E-state index is -0.0374. The van der Waals surface area contributed by atoms with Gasteiger partial charge in [0.05, 0.1) is 5.69 Å². The molecule has 1 aromatic rings. The number of nitrogens with zero attached hydrogens (tertiary/aromatic N) is 1. The summed E-state index contributed by atoms with van der Waals surface area (Å²) in [7, 11) is 0. The molecule has 1 rings (SSSR count). The highest BCUT2D eigenvalue weighted by molar-refractivity contribution is 7.98. The number of aromatic nitrogens is 1. The molecule has 0 spiro atoms. The zero-order valence-electron chi connectivity index (χ0n) is 6.00. The van der Waals surface area contributed by atoms with Crippen molar-refractivity contribution in [2.45, 2.75) is 18.2 Å². The quantitative estimate of drug-likeness (QED) is 0.661. The Bertz CT molecular complexity index is 209. The van der Waals surface area contributed by atoms with Crippen molar-refractivity contribution < 1.29 is 4.42 Å². The van der Waals surface area contributed by atoms with E-state index in [2.05, 4.69) is 4.98 Å². The molecule has 0 saturated carbocycles. The van der Waals surface area contributed by atoms with Crippen LogP contribution in [0, 0.1) is 0 Å². The van der Waals surface area contributed by atoms with Crippen LogP contribution in [0.5, 0.6) is 0 Å². The van der Waals surface area contributed by atoms with Crippen LogP contribution in [0.2, 0.25) is 0 Å². The molecule has 4 heteroatoms. The maximum Gasteiger partial charge on any atom is 0.255 e. The van der Waals surface area contributed by atoms with E-state index in [9.17, 15) is 0 Å². The molecule has 10 heavy (non-hydrogen) atoms. The van der Waals surface area contributed by atoms with E-state index >= 15 is 0 Å². The molecule has 0 aliphatic heterocycles. The Morgan fingerprint density at radius 3 is 2.80 bits per heavy atom. The lowest BCUT2D eigenvalue weighted by atomic mass is 10.3. The zero-order valence-corrected chi connectivity index (χ0v) is 6.81. The SMILES string of the molecule is CSc1nc(C(C)N)co1. The molecule has 1 unspecified atom stereocenters. The average molecular weight is 158 g/mol. The summed E-state index contributed by atoms with van der Waals surface area (Å²) in [6.07, 6.45) is 3.51. The van der Waals surface area contributed by atoms with E-state index in [1.54, 1.807) is 6.26 Å². The maximum atomic E-state index is 5.55. The van der Waals surface area contributed by atoms with Crippen LogP contribution < -0.4 is 5.73 Å². The summed E-state index contributed by atoms with van der Waals surface area (Å²) in [5.74, 6) is 0. The molecule has 0 aliphatic rings. The van der Waals surface area contributed by atoms with Crippen molar-refractivity contribution >= 4 is 11.8 Å². The molecule has 3 nitrogen and oxygen atoms in total. The largest absolute Gasteiger partial charge is 0.440 e. The molecule has 0 aromatic carbocycles. The van der Waals surface area contributed by atoms with Crippen LogP contribution in [0.4, 0.5) is 0 Å². The number of hydrogen-bond donors (Lipinski definition) is 1. The first-order valence-electron chi connectivity index (χ1n) is 2.99. The monoisotopic (exact) mass is 158 g/mol. The maximum absolute atomic E-state index is 5.55. The van der Waals surface area contributed by atoms with E-state index < -0.39 is 0 Å². The molecule has 1 heterocycles. The van der Waals surface area contributed by atoms with Crippen molar-refractivity contribution in [1.29, 1.82) is 0 Å². The van der Waals surface area contributed by atoms with Gasteiger partial charge in [-0.15, -0.1) is 0 Å². The Balaban J connectivity index is 2.78. The Morgan fingerprint density at radius 1 is 1.80 bits per heavy atom. The Morgan fingerprint density at radius 2 is 2.50 bits per heavy atom. The lowest BCUT2D eigenvalue weighted by Gasteiger charge is -1.94. The van der Waals surface area contributed by atoms with Crippen molar-refractivity contribution in [3.05, 3.63) is 12.0 Å². The first kappa shape index (κ1) is 7.63. The first-order chi connectivity index (χ1) is 4.74. The van der Waals surface area contributed by atoms with Gasteiger partial charge in [0.1, 0.15) is 6.26 Å². The summed E-state index contributed by atoms with van der Waals surface area (Å²) >= 11 is 1.47. The Labute approximate surface area is 64.0 Å². The standard InChI is InChI=1S/C6H10N2OS/c1-4(7)5-3-9-6(8-5)10-2/h3-4H,7H2,1-2H3. The smallest absolute Gasteiger partial charge is 0.255 e. The molecule has 0 aliphatic carbocycles. The first-order valence-corrected chi connectivity index (χ1v) is 4.21. The van der Waals surface area contributed by atoms with Gasteiger partial charge >= 0.3 is 0 Å². The predicted molar refractivity (Wildman–Crippen MR) is 40.9 cm³/mol. The topological polar surface area (TPSA) is 52.0 Å². The third-order valence-corrected chi connectivity index (χ3v) is 1.68. The predicted octanol–water partition coefficient (Wildman–Crippen LogP) is 1.42. The summed E-state index contributed by atoms with van der Waals surface area (Å²) in [6.45, 7) is 1.88. The van der Waals surface area contributed by atoms with Gasteiger partial charge in [0.2, 0.25) is 0 Å². The normalized spacial score (nSPS) is 13.5. The molecule has 0 saturated heterocycles. The van der Waals surface area contributed by atoms with E-state index in [1.807, 2.05) is 13.2 Å². The lowest BCUT2D eigenvalue weighted by molar-refractivity contribution is 0.454. The molecule has 56 valence electrons. The van der Waals surface area contributed by atoms with E-state index in [-0.39, 0.29) is 6.04 Å². The third-order valence-electron chi connectivity index (χ3n) is 1.14. The average Bonchev–Trinajstić information content (AvgIpc) is 2.34. The van der Waals surface area contributed by atoms with Gasteiger partial charge in [-0.25, -0.2) is 4.98 Å². The van der Waals surface area contributed by atoms with Gasteiger partial charge in [-0.05, 0) is 13.2 Å². The number of nitrogens with two attached hydrogens (primary N) is 1. The van der Waals surface area contributed by atoms with Crippen molar-refractivity contribution in [1.82, 2.24) is 4.98 Å². The van der Waals surface area contributed by atoms with Crippen LogP contribution in [0.15, 0.2) is 15.9 Å². The second-order valence-electron chi connectivity index (χ2n) is 2.03. The van der Waals surface area contributed by atoms with Crippen LogP contribution in [0.25, 0.3) is 0 Å². The fourth-order valence-corrected chi connectivity index (χ4v) is 0.913. The summed E-state index contributed by atoms with van der Waals surface area (Å²) in [6, 6.07) is -0.0374. The summed E-state index contributed by atoms with van der Waals surface area (Å²) in [4.78, 5) is 4.10. The summed E-state index contributed by atoms with van der Waals surface area (Å²) < 4.78 is 5.05. The lowest BCUT2D eigenvalue weighted by Crippen LogP contribution is -2.04. The zero-order chi connectivity index (χ0) is 7.56. The molecule has 1 atom stereocenters. The van der Waals surface area contributed by atoms with Gasteiger partial charge in [-0.1, -0.05) is 11.8 Å². The highest BCUT2D eigenvalue weighted by Gasteiger charge is 2.05. The van der Waals surface area contributed by atoms with Gasteiger partial charge in [0, 0.05) is 6.04 Å². The van der Waals surface area contributed by atoms with Crippen LogP contribution in [-0.2, 0) is 0 Å². The van der Waals surface area contributed by atoms with E-state index in [0.717, 1.165) is 5.69 Å². The summed E-state index contributed by atoms with van der Waals surface area (Å²) in [5.41, 5.74) is 6.36. The van der Waals surface area contributed by atoms with Crippen molar-refractivity contribution in [3.8, 4) is 0 Å². The fraction of sp³-hybridized carbons (Fsp3) is 0.500. The van der Waals surface area contributed by atoms with Crippen molar-refractivity contribution in [2.75, 3.05) is 6.26 Å². The van der Waals surface area contributed by atoms with Crippen LogP contribution in [0.1, 0.15) is 18.7 Å². The molecule has 0 radical (unpaired) electrons. The third kappa shape index (κ3) is 1.52. The Kier molecular flexibility index (Phi) is 2.34. The van der Waals surface area contributed by atoms with Gasteiger partial charge in [0.25, 0.3) is 5.22 Å². The molecule has 1 aromatic heterocycles. The van der Waals surface area contributed by atoms with Crippen molar-refractivity contribution in [2.24, 2.45) is 5.73 Å². The highest BCUT2D eigenvalue weighted by Crippen LogP contribution is 2.16. The second kappa shape index (κ2) is 3.07. The molecular formula is C6H10N2OS. The second-order valence-corrected chi connectivity index (χ2v) is 2.79. The highest BCUT2D eigenvalue weighted by atomic mass is 32.2. The number of oxazole rings is 1. The van der Waals surface area contributed by atoms with Crippen LogP contribution in [0.3, 0.4) is 0 Å². The van der Waals surface area contributed by atoms with Gasteiger partial charge in [-0.3, -0.25) is 0 Å².